The van der Waals surface area contributed by atoms with Crippen LogP contribution in [0.4, 0.5) is 0 Å². The van der Waals surface area contributed by atoms with Crippen LogP contribution in [-0.2, 0) is 0 Å². The van der Waals surface area contributed by atoms with E-state index in [-0.39, 0.29) is 0 Å². The zero-order valence-electron chi connectivity index (χ0n) is 4.46. The SMILES string of the molecule is ONCC=CCNO. The summed E-state index contributed by atoms with van der Waals surface area (Å²) in [6, 6.07) is 0. The van der Waals surface area contributed by atoms with E-state index in [0.29, 0.717) is 13.1 Å². The fraction of sp³-hybridized carbons (Fsp3) is 0.500. The molecule has 0 radical (unpaired) electrons. The highest BCUT2D eigenvalue weighted by molar-refractivity contribution is 4.83. The summed E-state index contributed by atoms with van der Waals surface area (Å²) in [6.07, 6.45) is 3.37. The largest absolute Gasteiger partial charge is 0.317 e. The lowest BCUT2D eigenvalue weighted by Gasteiger charge is -1.86. The molecular formula is C4H10N2O2. The molecule has 0 saturated carbocycles. The smallest absolute Gasteiger partial charge is 0.0388 e. The standard InChI is InChI=1S/C4H10N2O2/c7-5-3-1-2-4-6-8/h1-2,5-8H,3-4H2. The van der Waals surface area contributed by atoms with Crippen molar-refractivity contribution < 1.29 is 10.4 Å². The van der Waals surface area contributed by atoms with Crippen LogP contribution in [0.15, 0.2) is 12.2 Å². The van der Waals surface area contributed by atoms with Gasteiger partial charge in [0.2, 0.25) is 0 Å². The third-order valence-electron chi connectivity index (χ3n) is 0.585. The van der Waals surface area contributed by atoms with Crippen molar-refractivity contribution in [1.29, 1.82) is 0 Å². The highest BCUT2D eigenvalue weighted by atomic mass is 16.5. The molecule has 8 heavy (non-hydrogen) atoms. The summed E-state index contributed by atoms with van der Waals surface area (Å²) >= 11 is 0. The van der Waals surface area contributed by atoms with Crippen LogP contribution in [0.2, 0.25) is 0 Å². The van der Waals surface area contributed by atoms with Gasteiger partial charge in [0.15, 0.2) is 0 Å². The number of nitrogens with one attached hydrogen (secondary N) is 2. The second-order valence-corrected chi connectivity index (χ2v) is 1.20. The van der Waals surface area contributed by atoms with Crippen molar-refractivity contribution in [1.82, 2.24) is 11.0 Å². The zero-order chi connectivity index (χ0) is 6.24. The van der Waals surface area contributed by atoms with Gasteiger partial charge in [0.1, 0.15) is 0 Å². The van der Waals surface area contributed by atoms with Crippen LogP contribution in [0.25, 0.3) is 0 Å². The van der Waals surface area contributed by atoms with Crippen molar-refractivity contribution in [2.75, 3.05) is 13.1 Å². The van der Waals surface area contributed by atoms with E-state index in [1.165, 1.54) is 0 Å². The third-order valence-corrected chi connectivity index (χ3v) is 0.585. The van der Waals surface area contributed by atoms with E-state index in [1.807, 2.05) is 11.0 Å². The highest BCUT2D eigenvalue weighted by Gasteiger charge is 1.70. The average molecular weight is 118 g/mol. The Hall–Kier alpha value is -0.420. The molecule has 0 aromatic carbocycles. The molecule has 0 unspecified atom stereocenters. The average Bonchev–Trinajstić information content (AvgIpc) is 1.81. The van der Waals surface area contributed by atoms with Gasteiger partial charge in [-0.3, -0.25) is 0 Å². The summed E-state index contributed by atoms with van der Waals surface area (Å²) in [5.41, 5.74) is 3.86. The van der Waals surface area contributed by atoms with E-state index >= 15 is 0 Å². The molecule has 0 spiro atoms. The van der Waals surface area contributed by atoms with Crippen LogP contribution >= 0.6 is 0 Å². The Morgan fingerprint density at radius 2 is 1.38 bits per heavy atom. The Labute approximate surface area is 47.7 Å². The molecule has 0 aromatic rings. The molecule has 4 N–H and O–H groups in total. The Kier molecular flexibility index (Phi) is 6.23. The molecule has 48 valence electrons. The Bertz CT molecular complexity index is 57.1. The minimum Gasteiger partial charge on any atom is -0.317 e. The highest BCUT2D eigenvalue weighted by Crippen LogP contribution is 1.64. The van der Waals surface area contributed by atoms with E-state index in [1.54, 1.807) is 12.2 Å². The lowest BCUT2D eigenvalue weighted by atomic mass is 10.5. The lowest BCUT2D eigenvalue weighted by molar-refractivity contribution is 0.176. The van der Waals surface area contributed by atoms with E-state index in [2.05, 4.69) is 0 Å². The van der Waals surface area contributed by atoms with Gasteiger partial charge in [-0.2, -0.15) is 0 Å². The predicted octanol–water partition coefficient (Wildman–Crippen LogP) is -0.500. The Morgan fingerprint density at radius 1 is 1.00 bits per heavy atom. The van der Waals surface area contributed by atoms with E-state index in [4.69, 9.17) is 10.4 Å². The van der Waals surface area contributed by atoms with Crippen LogP contribution in [0.1, 0.15) is 0 Å². The second kappa shape index (κ2) is 6.58. The first-order valence-electron chi connectivity index (χ1n) is 2.30. The number of hydroxylamine groups is 2. The van der Waals surface area contributed by atoms with Gasteiger partial charge in [0, 0.05) is 13.1 Å². The van der Waals surface area contributed by atoms with Crippen molar-refractivity contribution in [2.24, 2.45) is 0 Å². The fourth-order valence-corrected chi connectivity index (χ4v) is 0.272. The van der Waals surface area contributed by atoms with Gasteiger partial charge in [0.05, 0.1) is 0 Å². The second-order valence-electron chi connectivity index (χ2n) is 1.20. The summed E-state index contributed by atoms with van der Waals surface area (Å²) in [6.45, 7) is 0.809. The van der Waals surface area contributed by atoms with E-state index in [9.17, 15) is 0 Å². The summed E-state index contributed by atoms with van der Waals surface area (Å²) in [5, 5.41) is 16.0. The van der Waals surface area contributed by atoms with Crippen LogP contribution in [0, 0.1) is 0 Å². The molecule has 0 aliphatic rings. The number of rotatable bonds is 4. The Balaban J connectivity index is 2.83. The summed E-state index contributed by atoms with van der Waals surface area (Å²) in [7, 11) is 0. The van der Waals surface area contributed by atoms with E-state index in [0.717, 1.165) is 0 Å². The van der Waals surface area contributed by atoms with Crippen molar-refractivity contribution >= 4 is 0 Å². The summed E-state index contributed by atoms with van der Waals surface area (Å²) in [5.74, 6) is 0. The van der Waals surface area contributed by atoms with Crippen LogP contribution < -0.4 is 11.0 Å². The Morgan fingerprint density at radius 3 is 1.62 bits per heavy atom. The molecule has 0 aromatic heterocycles. The molecule has 0 fully saturated rings. The van der Waals surface area contributed by atoms with Crippen molar-refractivity contribution in [2.45, 2.75) is 0 Å². The molecule has 4 heteroatoms. The molecule has 4 nitrogen and oxygen atoms in total. The molecule has 0 aliphatic heterocycles. The molecule has 0 heterocycles. The maximum Gasteiger partial charge on any atom is 0.0388 e. The van der Waals surface area contributed by atoms with Crippen LogP contribution in [0.3, 0.4) is 0 Å². The third kappa shape index (κ3) is 5.58. The zero-order valence-corrected chi connectivity index (χ0v) is 4.46. The molecule has 0 saturated heterocycles. The molecule has 0 amide bonds. The quantitative estimate of drug-likeness (QED) is 0.297. The molecule has 0 atom stereocenters. The minimum atomic E-state index is 0.404. The predicted molar refractivity (Wildman–Crippen MR) is 28.7 cm³/mol. The maximum atomic E-state index is 7.98. The van der Waals surface area contributed by atoms with E-state index < -0.39 is 0 Å². The maximum absolute atomic E-state index is 7.98. The topological polar surface area (TPSA) is 64.5 Å². The first-order chi connectivity index (χ1) is 3.91. The van der Waals surface area contributed by atoms with Gasteiger partial charge >= 0.3 is 0 Å². The molecule has 0 rings (SSSR count). The first kappa shape index (κ1) is 7.58. The minimum absolute atomic E-state index is 0.404. The van der Waals surface area contributed by atoms with Gasteiger partial charge in [0.25, 0.3) is 0 Å². The molecule has 0 bridgehead atoms. The fourth-order valence-electron chi connectivity index (χ4n) is 0.272. The summed E-state index contributed by atoms with van der Waals surface area (Å²) in [4.78, 5) is 0. The molecular weight excluding hydrogens is 108 g/mol. The van der Waals surface area contributed by atoms with Crippen molar-refractivity contribution in [3.8, 4) is 0 Å². The van der Waals surface area contributed by atoms with Gasteiger partial charge in [-0.15, -0.1) is 0 Å². The van der Waals surface area contributed by atoms with Crippen molar-refractivity contribution in [3.05, 3.63) is 12.2 Å². The van der Waals surface area contributed by atoms with Gasteiger partial charge in [-0.05, 0) is 0 Å². The number of hydrogen-bond acceptors (Lipinski definition) is 4. The number of hydrogen-bond donors (Lipinski definition) is 4. The molecule has 0 aliphatic carbocycles. The first-order valence-corrected chi connectivity index (χ1v) is 2.30. The normalized spacial score (nSPS) is 10.8. The lowest BCUT2D eigenvalue weighted by Crippen LogP contribution is -2.08. The summed E-state index contributed by atoms with van der Waals surface area (Å²) < 4.78 is 0. The van der Waals surface area contributed by atoms with Crippen LogP contribution in [-0.4, -0.2) is 23.5 Å². The van der Waals surface area contributed by atoms with Gasteiger partial charge in [-0.25, -0.2) is 11.0 Å². The van der Waals surface area contributed by atoms with Crippen molar-refractivity contribution in [3.63, 3.8) is 0 Å². The monoisotopic (exact) mass is 118 g/mol. The van der Waals surface area contributed by atoms with Gasteiger partial charge in [-0.1, -0.05) is 12.2 Å². The van der Waals surface area contributed by atoms with Crippen LogP contribution in [0.5, 0.6) is 0 Å². The van der Waals surface area contributed by atoms with Gasteiger partial charge < -0.3 is 10.4 Å².